The predicted molar refractivity (Wildman–Crippen MR) is 120 cm³/mol. The maximum atomic E-state index is 12.5. The van der Waals surface area contributed by atoms with Crippen LogP contribution in [0.4, 0.5) is 5.69 Å². The number of para-hydroxylation sites is 1. The molecule has 28 heavy (non-hydrogen) atoms. The van der Waals surface area contributed by atoms with Crippen LogP contribution in [0.5, 0.6) is 0 Å². The number of carbonyl (C=O) groups is 1. The quantitative estimate of drug-likeness (QED) is 0.757. The number of amides is 1. The SMILES string of the molecule is Cc1cccc(C)c1NC(=O)CN1CCN(C(=S)N[C@@H]2CCCC[C@H]2C)CC1. The lowest BCUT2D eigenvalue weighted by Crippen LogP contribution is -2.55. The molecule has 1 amide bonds. The summed E-state index contributed by atoms with van der Waals surface area (Å²) in [7, 11) is 0. The van der Waals surface area contributed by atoms with Crippen molar-refractivity contribution >= 4 is 28.9 Å². The molecule has 5 nitrogen and oxygen atoms in total. The number of nitrogens with one attached hydrogen (secondary N) is 2. The maximum absolute atomic E-state index is 12.5. The van der Waals surface area contributed by atoms with Crippen LogP contribution >= 0.6 is 12.2 Å². The van der Waals surface area contributed by atoms with E-state index in [1.54, 1.807) is 0 Å². The summed E-state index contributed by atoms with van der Waals surface area (Å²) < 4.78 is 0. The molecule has 1 saturated heterocycles. The van der Waals surface area contributed by atoms with Crippen LogP contribution in [0, 0.1) is 19.8 Å². The van der Waals surface area contributed by atoms with E-state index in [1.165, 1.54) is 25.7 Å². The van der Waals surface area contributed by atoms with Gasteiger partial charge in [-0.3, -0.25) is 9.69 Å². The fraction of sp³-hybridized carbons (Fsp3) is 0.636. The summed E-state index contributed by atoms with van der Waals surface area (Å²) in [5.74, 6) is 0.754. The Balaban J connectivity index is 1.43. The minimum atomic E-state index is 0.0579. The van der Waals surface area contributed by atoms with E-state index < -0.39 is 0 Å². The molecule has 1 saturated carbocycles. The van der Waals surface area contributed by atoms with E-state index in [4.69, 9.17) is 12.2 Å². The zero-order valence-corrected chi connectivity index (χ0v) is 18.3. The number of piperazine rings is 1. The Morgan fingerprint density at radius 3 is 2.39 bits per heavy atom. The van der Waals surface area contributed by atoms with Crippen molar-refractivity contribution in [3.63, 3.8) is 0 Å². The van der Waals surface area contributed by atoms with E-state index in [-0.39, 0.29) is 5.91 Å². The van der Waals surface area contributed by atoms with Gasteiger partial charge in [-0.15, -0.1) is 0 Å². The highest BCUT2D eigenvalue weighted by atomic mass is 32.1. The third-order valence-corrected chi connectivity index (χ3v) is 6.57. The van der Waals surface area contributed by atoms with Crippen LogP contribution < -0.4 is 10.6 Å². The van der Waals surface area contributed by atoms with Gasteiger partial charge in [0.2, 0.25) is 5.91 Å². The zero-order valence-electron chi connectivity index (χ0n) is 17.5. The van der Waals surface area contributed by atoms with Crippen LogP contribution in [0.1, 0.15) is 43.7 Å². The molecular weight excluding hydrogens is 368 g/mol. The lowest BCUT2D eigenvalue weighted by atomic mass is 9.86. The van der Waals surface area contributed by atoms with Crippen molar-refractivity contribution in [1.29, 1.82) is 0 Å². The molecule has 1 heterocycles. The predicted octanol–water partition coefficient (Wildman–Crippen LogP) is 3.31. The number of anilines is 1. The summed E-state index contributed by atoms with van der Waals surface area (Å²) in [6.45, 7) is 10.3. The van der Waals surface area contributed by atoms with Gasteiger partial charge in [-0.1, -0.05) is 38.0 Å². The Labute approximate surface area is 174 Å². The van der Waals surface area contributed by atoms with Gasteiger partial charge >= 0.3 is 0 Å². The molecule has 1 aromatic carbocycles. The summed E-state index contributed by atoms with van der Waals surface area (Å²) in [4.78, 5) is 17.0. The highest BCUT2D eigenvalue weighted by Gasteiger charge is 2.25. The summed E-state index contributed by atoms with van der Waals surface area (Å²) in [6, 6.07) is 6.60. The number of hydrogen-bond donors (Lipinski definition) is 2. The Morgan fingerprint density at radius 2 is 1.75 bits per heavy atom. The molecule has 6 heteroatoms. The minimum absolute atomic E-state index is 0.0579. The number of rotatable bonds is 4. The molecule has 0 spiro atoms. The standard InChI is InChI=1S/C22H34N4OS/c1-16-7-4-5-10-19(16)23-22(28)26-13-11-25(12-14-26)15-20(27)24-21-17(2)8-6-9-18(21)3/h6,8-9,16,19H,4-5,7,10-15H2,1-3H3,(H,23,28)(H,24,27)/t16-,19-/m1/s1. The summed E-state index contributed by atoms with van der Waals surface area (Å²) in [6.07, 6.45) is 5.16. The first-order valence-corrected chi connectivity index (χ1v) is 11.0. The van der Waals surface area contributed by atoms with Gasteiger partial charge in [0.1, 0.15) is 0 Å². The number of benzene rings is 1. The molecule has 1 aromatic rings. The van der Waals surface area contributed by atoms with Gasteiger partial charge in [-0.2, -0.15) is 0 Å². The van der Waals surface area contributed by atoms with Crippen molar-refractivity contribution < 1.29 is 4.79 Å². The summed E-state index contributed by atoms with van der Waals surface area (Å²) >= 11 is 5.67. The molecule has 0 unspecified atom stereocenters. The zero-order chi connectivity index (χ0) is 20.1. The van der Waals surface area contributed by atoms with E-state index in [0.717, 1.165) is 48.1 Å². The molecule has 3 rings (SSSR count). The second kappa shape index (κ2) is 9.70. The van der Waals surface area contributed by atoms with E-state index in [2.05, 4.69) is 27.4 Å². The number of carbonyl (C=O) groups excluding carboxylic acids is 1. The highest BCUT2D eigenvalue weighted by Crippen LogP contribution is 2.24. The Bertz CT molecular complexity index is 680. The first kappa shape index (κ1) is 21.1. The third-order valence-electron chi connectivity index (χ3n) is 6.19. The maximum Gasteiger partial charge on any atom is 0.238 e. The Kier molecular flexibility index (Phi) is 7.30. The van der Waals surface area contributed by atoms with Gasteiger partial charge in [-0.05, 0) is 56.0 Å². The Morgan fingerprint density at radius 1 is 1.11 bits per heavy atom. The second-order valence-electron chi connectivity index (χ2n) is 8.40. The van der Waals surface area contributed by atoms with E-state index in [1.807, 2.05) is 32.0 Å². The molecule has 0 aromatic heterocycles. The lowest BCUT2D eigenvalue weighted by molar-refractivity contribution is -0.117. The topological polar surface area (TPSA) is 47.6 Å². The Hall–Kier alpha value is -1.66. The van der Waals surface area contributed by atoms with Crippen LogP contribution in [-0.4, -0.2) is 59.6 Å². The first-order chi connectivity index (χ1) is 13.4. The van der Waals surface area contributed by atoms with Gasteiger partial charge in [0.05, 0.1) is 6.54 Å². The molecule has 2 fully saturated rings. The fourth-order valence-electron chi connectivity index (χ4n) is 4.28. The van der Waals surface area contributed by atoms with Gasteiger partial charge < -0.3 is 15.5 Å². The van der Waals surface area contributed by atoms with Crippen molar-refractivity contribution in [2.45, 2.75) is 52.5 Å². The highest BCUT2D eigenvalue weighted by molar-refractivity contribution is 7.80. The van der Waals surface area contributed by atoms with Crippen molar-refractivity contribution in [3.05, 3.63) is 29.3 Å². The van der Waals surface area contributed by atoms with Crippen LogP contribution in [0.2, 0.25) is 0 Å². The molecule has 0 radical (unpaired) electrons. The molecule has 0 bridgehead atoms. The number of aryl methyl sites for hydroxylation is 2. The normalized spacial score (nSPS) is 23.3. The summed E-state index contributed by atoms with van der Waals surface area (Å²) in [5, 5.41) is 7.57. The smallest absolute Gasteiger partial charge is 0.238 e. The molecule has 2 atom stereocenters. The van der Waals surface area contributed by atoms with Crippen LogP contribution in [-0.2, 0) is 4.79 Å². The minimum Gasteiger partial charge on any atom is -0.360 e. The van der Waals surface area contributed by atoms with Crippen LogP contribution in [0.25, 0.3) is 0 Å². The van der Waals surface area contributed by atoms with Crippen molar-refractivity contribution in [3.8, 4) is 0 Å². The van der Waals surface area contributed by atoms with Gasteiger partial charge in [-0.25, -0.2) is 0 Å². The number of thiocarbonyl (C=S) groups is 1. The molecule has 2 aliphatic rings. The lowest BCUT2D eigenvalue weighted by Gasteiger charge is -2.38. The van der Waals surface area contributed by atoms with Crippen molar-refractivity contribution in [2.24, 2.45) is 5.92 Å². The van der Waals surface area contributed by atoms with E-state index in [9.17, 15) is 4.79 Å². The van der Waals surface area contributed by atoms with Gasteiger partial charge in [0, 0.05) is 37.9 Å². The van der Waals surface area contributed by atoms with Gasteiger partial charge in [0.15, 0.2) is 5.11 Å². The molecule has 1 aliphatic heterocycles. The third kappa shape index (κ3) is 5.45. The fourth-order valence-corrected chi connectivity index (χ4v) is 4.62. The van der Waals surface area contributed by atoms with Crippen molar-refractivity contribution in [2.75, 3.05) is 38.0 Å². The average molecular weight is 403 g/mol. The van der Waals surface area contributed by atoms with E-state index >= 15 is 0 Å². The average Bonchev–Trinajstić information content (AvgIpc) is 2.67. The first-order valence-electron chi connectivity index (χ1n) is 10.6. The van der Waals surface area contributed by atoms with Gasteiger partial charge in [0.25, 0.3) is 0 Å². The number of hydrogen-bond acceptors (Lipinski definition) is 3. The monoisotopic (exact) mass is 402 g/mol. The second-order valence-corrected chi connectivity index (χ2v) is 8.78. The van der Waals surface area contributed by atoms with Crippen LogP contribution in [0.3, 0.4) is 0 Å². The van der Waals surface area contributed by atoms with Crippen molar-refractivity contribution in [1.82, 2.24) is 15.1 Å². The number of nitrogens with zero attached hydrogens (tertiary/aromatic N) is 2. The largest absolute Gasteiger partial charge is 0.360 e. The van der Waals surface area contributed by atoms with E-state index in [0.29, 0.717) is 18.5 Å². The molecular formula is C22H34N4OS. The van der Waals surface area contributed by atoms with Crippen LogP contribution in [0.15, 0.2) is 18.2 Å². The molecule has 1 aliphatic carbocycles. The summed E-state index contributed by atoms with van der Waals surface area (Å²) in [5.41, 5.74) is 3.15. The molecule has 2 N–H and O–H groups in total. The molecule has 154 valence electrons.